The van der Waals surface area contributed by atoms with Crippen LogP contribution in [0.15, 0.2) is 24.3 Å². The van der Waals surface area contributed by atoms with Gasteiger partial charge < -0.3 is 19.5 Å². The third-order valence-corrected chi connectivity index (χ3v) is 6.23. The summed E-state index contributed by atoms with van der Waals surface area (Å²) in [6, 6.07) is 8.72. The van der Waals surface area contributed by atoms with Crippen LogP contribution < -0.4 is 4.74 Å². The van der Waals surface area contributed by atoms with Gasteiger partial charge in [0.1, 0.15) is 17.5 Å². The number of carbonyl (C=O) groups is 1. The lowest BCUT2D eigenvalue weighted by molar-refractivity contribution is 0.0756. The van der Waals surface area contributed by atoms with Crippen molar-refractivity contribution in [2.45, 2.75) is 64.5 Å². The number of aromatic nitrogens is 1. The minimum atomic E-state index is 0.127. The first kappa shape index (κ1) is 19.3. The Balaban J connectivity index is 1.42. The molecule has 0 saturated carbocycles. The van der Waals surface area contributed by atoms with E-state index in [4.69, 9.17) is 4.74 Å². The Hall–Kier alpha value is -2.01. The molecule has 5 nitrogen and oxygen atoms in total. The van der Waals surface area contributed by atoms with E-state index in [1.54, 1.807) is 0 Å². The summed E-state index contributed by atoms with van der Waals surface area (Å²) in [5, 5.41) is 1.07. The number of ether oxygens (including phenoxy) is 1. The second-order valence-electron chi connectivity index (χ2n) is 8.59. The second kappa shape index (κ2) is 8.56. The number of fused-ring (bicyclic) bond motifs is 1. The summed E-state index contributed by atoms with van der Waals surface area (Å²) in [4.78, 5) is 20.7. The van der Waals surface area contributed by atoms with Crippen molar-refractivity contribution in [1.82, 2.24) is 14.8 Å². The predicted octanol–water partition coefficient (Wildman–Crippen LogP) is 4.44. The highest BCUT2D eigenvalue weighted by molar-refractivity contribution is 5.98. The summed E-state index contributed by atoms with van der Waals surface area (Å²) in [6.45, 7) is 8.45. The van der Waals surface area contributed by atoms with Crippen LogP contribution >= 0.6 is 0 Å². The molecule has 0 unspecified atom stereocenters. The van der Waals surface area contributed by atoms with Gasteiger partial charge in [0, 0.05) is 49.2 Å². The number of H-pyrrole nitrogens is 1. The number of hydrogen-bond donors (Lipinski definition) is 1. The molecule has 28 heavy (non-hydrogen) atoms. The topological polar surface area (TPSA) is 48.6 Å². The Labute approximate surface area is 168 Å². The number of aromatic amines is 1. The minimum Gasteiger partial charge on any atom is -0.490 e. The van der Waals surface area contributed by atoms with Crippen molar-refractivity contribution in [2.75, 3.05) is 26.2 Å². The van der Waals surface area contributed by atoms with E-state index in [9.17, 15) is 4.79 Å². The maximum Gasteiger partial charge on any atom is 0.270 e. The Kier molecular flexibility index (Phi) is 5.90. The molecule has 5 heteroatoms. The summed E-state index contributed by atoms with van der Waals surface area (Å²) in [5.41, 5.74) is 1.68. The first-order valence-electron chi connectivity index (χ1n) is 10.9. The average molecular weight is 384 g/mol. The Morgan fingerprint density at radius 3 is 2.43 bits per heavy atom. The van der Waals surface area contributed by atoms with Gasteiger partial charge in [0.25, 0.3) is 5.91 Å². The van der Waals surface area contributed by atoms with Crippen LogP contribution in [0.25, 0.3) is 10.9 Å². The van der Waals surface area contributed by atoms with Crippen molar-refractivity contribution < 1.29 is 9.53 Å². The minimum absolute atomic E-state index is 0.127. The van der Waals surface area contributed by atoms with Crippen LogP contribution in [-0.2, 0) is 0 Å². The van der Waals surface area contributed by atoms with Gasteiger partial charge in [0.2, 0.25) is 0 Å². The highest BCUT2D eigenvalue weighted by Gasteiger charge is 2.23. The van der Waals surface area contributed by atoms with Gasteiger partial charge in [0.15, 0.2) is 0 Å². The molecule has 0 aliphatic carbocycles. The van der Waals surface area contributed by atoms with Crippen LogP contribution in [0.1, 0.15) is 62.9 Å². The standard InChI is InChI=1S/C23H33N3O2/c1-17(2)25-13-9-19(10-14-25)28-20-8-7-18-15-22(24-21(18)16-20)23(27)26-11-5-3-4-6-12-26/h7-8,15-17,19,24H,3-6,9-14H2,1-2H3. The van der Waals surface area contributed by atoms with Crippen LogP contribution in [-0.4, -0.2) is 59.0 Å². The maximum absolute atomic E-state index is 12.9. The zero-order valence-electron chi connectivity index (χ0n) is 17.2. The summed E-state index contributed by atoms with van der Waals surface area (Å²) in [7, 11) is 0. The number of nitrogens with zero attached hydrogens (tertiary/aromatic N) is 2. The number of piperidine rings is 1. The lowest BCUT2D eigenvalue weighted by atomic mass is 10.1. The van der Waals surface area contributed by atoms with Crippen LogP contribution in [0, 0.1) is 0 Å². The lowest BCUT2D eigenvalue weighted by Crippen LogP contribution is -2.41. The van der Waals surface area contributed by atoms with Crippen molar-refractivity contribution in [2.24, 2.45) is 0 Å². The number of carbonyl (C=O) groups excluding carboxylic acids is 1. The molecule has 0 spiro atoms. The van der Waals surface area contributed by atoms with E-state index < -0.39 is 0 Å². The van der Waals surface area contributed by atoms with Crippen molar-refractivity contribution in [3.63, 3.8) is 0 Å². The molecule has 2 aliphatic rings. The summed E-state index contributed by atoms with van der Waals surface area (Å²) < 4.78 is 6.25. The van der Waals surface area contributed by atoms with E-state index in [-0.39, 0.29) is 12.0 Å². The molecule has 0 radical (unpaired) electrons. The van der Waals surface area contributed by atoms with E-state index in [1.807, 2.05) is 23.1 Å². The molecule has 0 atom stereocenters. The normalized spacial score (nSPS) is 19.9. The van der Waals surface area contributed by atoms with Crippen LogP contribution in [0.3, 0.4) is 0 Å². The average Bonchev–Trinajstić information content (AvgIpc) is 2.93. The Morgan fingerprint density at radius 2 is 1.75 bits per heavy atom. The molecule has 2 aromatic rings. The quantitative estimate of drug-likeness (QED) is 0.849. The highest BCUT2D eigenvalue weighted by Crippen LogP contribution is 2.26. The molecule has 4 rings (SSSR count). The molecule has 1 aromatic carbocycles. The monoisotopic (exact) mass is 383 g/mol. The maximum atomic E-state index is 12.9. The van der Waals surface area contributed by atoms with Crippen molar-refractivity contribution in [1.29, 1.82) is 0 Å². The molecule has 3 heterocycles. The number of nitrogens with one attached hydrogen (secondary N) is 1. The molecule has 1 aromatic heterocycles. The summed E-state index contributed by atoms with van der Waals surface area (Å²) >= 11 is 0. The van der Waals surface area contributed by atoms with Gasteiger partial charge in [-0.1, -0.05) is 12.8 Å². The molecule has 2 saturated heterocycles. The van der Waals surface area contributed by atoms with Crippen LogP contribution in [0.4, 0.5) is 0 Å². The zero-order valence-corrected chi connectivity index (χ0v) is 17.2. The molecule has 2 fully saturated rings. The third-order valence-electron chi connectivity index (χ3n) is 6.23. The lowest BCUT2D eigenvalue weighted by Gasteiger charge is -2.34. The summed E-state index contributed by atoms with van der Waals surface area (Å²) in [5.74, 6) is 1.02. The third kappa shape index (κ3) is 4.35. The zero-order chi connectivity index (χ0) is 19.5. The molecule has 2 aliphatic heterocycles. The molecular weight excluding hydrogens is 350 g/mol. The molecule has 1 amide bonds. The fourth-order valence-corrected chi connectivity index (χ4v) is 4.44. The number of likely N-dealkylation sites (tertiary alicyclic amines) is 2. The smallest absolute Gasteiger partial charge is 0.270 e. The van der Waals surface area contributed by atoms with E-state index in [2.05, 4.69) is 29.8 Å². The first-order chi connectivity index (χ1) is 13.6. The molecular formula is C23H33N3O2. The van der Waals surface area contributed by atoms with Gasteiger partial charge in [-0.3, -0.25) is 4.79 Å². The molecule has 152 valence electrons. The predicted molar refractivity (Wildman–Crippen MR) is 113 cm³/mol. The van der Waals surface area contributed by atoms with E-state index in [0.29, 0.717) is 11.7 Å². The van der Waals surface area contributed by atoms with Crippen LogP contribution in [0.2, 0.25) is 0 Å². The highest BCUT2D eigenvalue weighted by atomic mass is 16.5. The molecule has 1 N–H and O–H groups in total. The number of amides is 1. The van der Waals surface area contributed by atoms with Gasteiger partial charge in [-0.25, -0.2) is 0 Å². The van der Waals surface area contributed by atoms with E-state index >= 15 is 0 Å². The van der Waals surface area contributed by atoms with Crippen LogP contribution in [0.5, 0.6) is 5.75 Å². The van der Waals surface area contributed by atoms with Gasteiger partial charge in [-0.2, -0.15) is 0 Å². The van der Waals surface area contributed by atoms with Crippen molar-refractivity contribution in [3.8, 4) is 5.75 Å². The van der Waals surface area contributed by atoms with Crippen molar-refractivity contribution >= 4 is 16.8 Å². The number of benzene rings is 1. The van der Waals surface area contributed by atoms with E-state index in [0.717, 1.165) is 68.5 Å². The fraction of sp³-hybridized carbons (Fsp3) is 0.609. The Morgan fingerprint density at radius 1 is 1.04 bits per heavy atom. The van der Waals surface area contributed by atoms with Gasteiger partial charge >= 0.3 is 0 Å². The number of rotatable bonds is 4. The SMILES string of the molecule is CC(C)N1CCC(Oc2ccc3cc(C(=O)N4CCCCCC4)[nH]c3c2)CC1. The number of hydrogen-bond acceptors (Lipinski definition) is 3. The van der Waals surface area contributed by atoms with Gasteiger partial charge in [0.05, 0.1) is 0 Å². The van der Waals surface area contributed by atoms with Gasteiger partial charge in [-0.05, 0) is 57.7 Å². The second-order valence-corrected chi connectivity index (χ2v) is 8.59. The largest absolute Gasteiger partial charge is 0.490 e. The molecule has 0 bridgehead atoms. The van der Waals surface area contributed by atoms with Crippen molar-refractivity contribution in [3.05, 3.63) is 30.0 Å². The first-order valence-corrected chi connectivity index (χ1v) is 10.9. The fourth-order valence-electron chi connectivity index (χ4n) is 4.44. The summed E-state index contributed by atoms with van der Waals surface area (Å²) in [6.07, 6.45) is 7.10. The Bertz CT molecular complexity index is 797. The van der Waals surface area contributed by atoms with E-state index in [1.165, 1.54) is 12.8 Å². The van der Waals surface area contributed by atoms with Gasteiger partial charge in [-0.15, -0.1) is 0 Å².